The number of rotatable bonds is 9. The predicted octanol–water partition coefficient (Wildman–Crippen LogP) is 4.11. The lowest BCUT2D eigenvalue weighted by molar-refractivity contribution is -0.385. The first-order valence-electron chi connectivity index (χ1n) is 11.9. The number of nitrogens with one attached hydrogen (secondary N) is 2. The van der Waals surface area contributed by atoms with Crippen LogP contribution in [-0.4, -0.2) is 34.2 Å². The van der Waals surface area contributed by atoms with Gasteiger partial charge in [0.05, 0.1) is 22.7 Å². The van der Waals surface area contributed by atoms with Crippen LogP contribution in [0.5, 0.6) is 0 Å². The highest BCUT2D eigenvalue weighted by atomic mass is 16.6. The summed E-state index contributed by atoms with van der Waals surface area (Å²) in [5.41, 5.74) is 1.11. The van der Waals surface area contributed by atoms with Crippen molar-refractivity contribution in [3.8, 4) is 0 Å². The van der Waals surface area contributed by atoms with Crippen molar-refractivity contribution in [3.63, 3.8) is 0 Å². The molecule has 1 aliphatic rings. The van der Waals surface area contributed by atoms with Crippen molar-refractivity contribution in [1.82, 2.24) is 10.6 Å². The maximum absolute atomic E-state index is 12.7. The van der Waals surface area contributed by atoms with Crippen LogP contribution in [0.25, 0.3) is 0 Å². The topological polar surface area (TPSA) is 144 Å². The van der Waals surface area contributed by atoms with Crippen molar-refractivity contribution in [2.45, 2.75) is 58.9 Å². The van der Waals surface area contributed by atoms with E-state index in [1.165, 1.54) is 24.3 Å². The number of hydrogen-bond acceptors (Lipinski definition) is 6. The van der Waals surface area contributed by atoms with Crippen LogP contribution in [0.4, 0.5) is 11.4 Å². The summed E-state index contributed by atoms with van der Waals surface area (Å²) in [7, 11) is 0. The molecule has 0 aliphatic heterocycles. The molecule has 10 nitrogen and oxygen atoms in total. The number of nitro groups is 2. The van der Waals surface area contributed by atoms with Gasteiger partial charge in [0.25, 0.3) is 11.4 Å². The molecular formula is C26H32N4O6. The molecule has 0 bridgehead atoms. The van der Waals surface area contributed by atoms with E-state index in [2.05, 4.69) is 31.4 Å². The average molecular weight is 497 g/mol. The highest BCUT2D eigenvalue weighted by Crippen LogP contribution is 2.45. The van der Waals surface area contributed by atoms with Gasteiger partial charge in [-0.1, -0.05) is 45.0 Å². The van der Waals surface area contributed by atoms with Crippen LogP contribution in [0.3, 0.4) is 0 Å². The monoisotopic (exact) mass is 496 g/mol. The number of benzene rings is 2. The lowest BCUT2D eigenvalue weighted by Gasteiger charge is -2.47. The fourth-order valence-corrected chi connectivity index (χ4v) is 5.37. The third-order valence-corrected chi connectivity index (χ3v) is 6.54. The minimum Gasteiger partial charge on any atom is -0.355 e. The summed E-state index contributed by atoms with van der Waals surface area (Å²) >= 11 is 0. The quantitative estimate of drug-likeness (QED) is 0.395. The molecule has 1 aliphatic carbocycles. The van der Waals surface area contributed by atoms with Crippen LogP contribution in [0.1, 0.15) is 51.2 Å². The Morgan fingerprint density at radius 3 is 1.78 bits per heavy atom. The van der Waals surface area contributed by atoms with Crippen molar-refractivity contribution in [1.29, 1.82) is 0 Å². The van der Waals surface area contributed by atoms with E-state index in [0.29, 0.717) is 24.1 Å². The zero-order valence-corrected chi connectivity index (χ0v) is 20.8. The van der Waals surface area contributed by atoms with E-state index in [-0.39, 0.29) is 52.9 Å². The second-order valence-corrected chi connectivity index (χ2v) is 10.8. The third-order valence-electron chi connectivity index (χ3n) is 6.54. The van der Waals surface area contributed by atoms with Crippen LogP contribution in [0.2, 0.25) is 0 Å². The third kappa shape index (κ3) is 7.59. The molecule has 0 aromatic heterocycles. The second kappa shape index (κ2) is 10.8. The summed E-state index contributed by atoms with van der Waals surface area (Å²) in [6.07, 6.45) is 2.67. The molecule has 10 heteroatoms. The van der Waals surface area contributed by atoms with Crippen molar-refractivity contribution in [3.05, 3.63) is 79.9 Å². The van der Waals surface area contributed by atoms with E-state index in [0.717, 1.165) is 12.8 Å². The number of nitro benzene ring substituents is 2. The average Bonchev–Trinajstić information content (AvgIpc) is 2.77. The molecule has 2 unspecified atom stereocenters. The minimum absolute atomic E-state index is 0.0143. The normalized spacial score (nSPS) is 20.8. The fourth-order valence-electron chi connectivity index (χ4n) is 5.37. The number of carbonyl (C=O) groups is 2. The van der Waals surface area contributed by atoms with Gasteiger partial charge in [0, 0.05) is 36.9 Å². The lowest BCUT2D eigenvalue weighted by Crippen LogP contribution is -2.50. The predicted molar refractivity (Wildman–Crippen MR) is 134 cm³/mol. The summed E-state index contributed by atoms with van der Waals surface area (Å²) in [6.45, 7) is 6.86. The number of carbonyl (C=O) groups excluding carboxylic acids is 2. The lowest BCUT2D eigenvalue weighted by atomic mass is 9.62. The number of nitrogens with zero attached hydrogens (tertiary/aromatic N) is 2. The Morgan fingerprint density at radius 1 is 0.833 bits per heavy atom. The minimum atomic E-state index is -0.476. The Hall–Kier alpha value is -3.82. The molecule has 2 N–H and O–H groups in total. The van der Waals surface area contributed by atoms with Gasteiger partial charge in [-0.3, -0.25) is 29.8 Å². The number of non-ortho nitro benzene ring substituents is 2. The molecule has 0 radical (unpaired) electrons. The van der Waals surface area contributed by atoms with Crippen LogP contribution < -0.4 is 10.6 Å². The van der Waals surface area contributed by atoms with E-state index >= 15 is 0 Å². The van der Waals surface area contributed by atoms with Crippen LogP contribution in [0, 0.1) is 31.1 Å². The van der Waals surface area contributed by atoms with Gasteiger partial charge in [0.2, 0.25) is 11.8 Å². The standard InChI is InChI=1S/C26H32N4O6/c1-25(2)14-20(28-24(32)13-19-6-10-22(11-7-19)30(35)36)15-26(3,16-25)17-27-23(31)12-18-4-8-21(9-5-18)29(33)34/h4-11,20H,12-17H2,1-3H3,(H,27,31)(H,28,32). The molecule has 1 saturated carbocycles. The molecule has 3 rings (SSSR count). The van der Waals surface area contributed by atoms with E-state index in [1.54, 1.807) is 24.3 Å². The van der Waals surface area contributed by atoms with Gasteiger partial charge in [-0.2, -0.15) is 0 Å². The molecule has 0 spiro atoms. The molecule has 2 aromatic rings. The van der Waals surface area contributed by atoms with Gasteiger partial charge in [0.15, 0.2) is 0 Å². The molecule has 2 atom stereocenters. The van der Waals surface area contributed by atoms with E-state index in [1.807, 2.05) is 0 Å². The van der Waals surface area contributed by atoms with Crippen LogP contribution in [0.15, 0.2) is 48.5 Å². The van der Waals surface area contributed by atoms with Crippen LogP contribution >= 0.6 is 0 Å². The Morgan fingerprint density at radius 2 is 1.31 bits per heavy atom. The van der Waals surface area contributed by atoms with Gasteiger partial charge in [-0.05, 0) is 41.2 Å². The van der Waals surface area contributed by atoms with E-state index in [9.17, 15) is 29.8 Å². The van der Waals surface area contributed by atoms with Gasteiger partial charge in [-0.25, -0.2) is 0 Å². The molecule has 192 valence electrons. The fraction of sp³-hybridized carbons (Fsp3) is 0.462. The van der Waals surface area contributed by atoms with Crippen LogP contribution in [-0.2, 0) is 22.4 Å². The molecule has 2 aromatic carbocycles. The Labute approximate surface area is 209 Å². The molecule has 0 heterocycles. The summed E-state index contributed by atoms with van der Waals surface area (Å²) in [5.74, 6) is -0.302. The van der Waals surface area contributed by atoms with Gasteiger partial charge in [-0.15, -0.1) is 0 Å². The number of amides is 2. The highest BCUT2D eigenvalue weighted by molar-refractivity contribution is 5.79. The Balaban J connectivity index is 1.55. The molecular weight excluding hydrogens is 464 g/mol. The SMILES string of the molecule is CC1(C)CC(NC(=O)Cc2ccc([N+](=O)[O-])cc2)CC(C)(CNC(=O)Cc2ccc([N+](=O)[O-])cc2)C1. The van der Waals surface area contributed by atoms with Crippen molar-refractivity contribution in [2.24, 2.45) is 10.8 Å². The summed E-state index contributed by atoms with van der Waals surface area (Å²) < 4.78 is 0. The number of hydrogen-bond donors (Lipinski definition) is 2. The maximum Gasteiger partial charge on any atom is 0.269 e. The van der Waals surface area contributed by atoms with E-state index < -0.39 is 9.85 Å². The van der Waals surface area contributed by atoms with Crippen molar-refractivity contribution >= 4 is 23.2 Å². The Bertz CT molecular complexity index is 1130. The molecule has 0 saturated heterocycles. The molecule has 1 fully saturated rings. The van der Waals surface area contributed by atoms with Gasteiger partial charge < -0.3 is 10.6 Å². The summed E-state index contributed by atoms with van der Waals surface area (Å²) in [4.78, 5) is 45.9. The largest absolute Gasteiger partial charge is 0.355 e. The van der Waals surface area contributed by atoms with Crippen molar-refractivity contribution < 1.29 is 19.4 Å². The zero-order chi connectivity index (χ0) is 26.5. The van der Waals surface area contributed by atoms with Gasteiger partial charge in [0.1, 0.15) is 0 Å². The first-order chi connectivity index (χ1) is 16.8. The van der Waals surface area contributed by atoms with Gasteiger partial charge >= 0.3 is 0 Å². The smallest absolute Gasteiger partial charge is 0.269 e. The second-order valence-electron chi connectivity index (χ2n) is 10.8. The van der Waals surface area contributed by atoms with E-state index in [4.69, 9.17) is 0 Å². The maximum atomic E-state index is 12.7. The van der Waals surface area contributed by atoms with Crippen molar-refractivity contribution in [2.75, 3.05) is 6.54 Å². The molecule has 36 heavy (non-hydrogen) atoms. The Kier molecular flexibility index (Phi) is 8.07. The summed E-state index contributed by atoms with van der Waals surface area (Å²) in [6, 6.07) is 11.8. The first kappa shape index (κ1) is 26.8. The first-order valence-corrected chi connectivity index (χ1v) is 11.9. The highest BCUT2D eigenvalue weighted by Gasteiger charge is 2.41. The summed E-state index contributed by atoms with van der Waals surface area (Å²) in [5, 5.41) is 27.7. The molecule has 2 amide bonds. The zero-order valence-electron chi connectivity index (χ0n) is 20.8.